The third kappa shape index (κ3) is 7.56. The summed E-state index contributed by atoms with van der Waals surface area (Å²) in [6.45, 7) is 3.85. The van der Waals surface area contributed by atoms with Crippen molar-refractivity contribution in [3.05, 3.63) is 35.9 Å². The van der Waals surface area contributed by atoms with Gasteiger partial charge in [-0.25, -0.2) is 0 Å². The molecule has 0 saturated carbocycles. The summed E-state index contributed by atoms with van der Waals surface area (Å²) in [7, 11) is 0. The van der Waals surface area contributed by atoms with E-state index in [1.165, 1.54) is 0 Å². The number of nitrogens with one attached hydrogen (secondary N) is 2. The molecule has 0 aromatic heterocycles. The number of aliphatic hydroxyl groups is 1. The van der Waals surface area contributed by atoms with E-state index in [-0.39, 0.29) is 31.9 Å². The van der Waals surface area contributed by atoms with E-state index in [0.29, 0.717) is 6.54 Å². The van der Waals surface area contributed by atoms with Gasteiger partial charge in [0.1, 0.15) is 0 Å². The standard InChI is InChI=1S/C17H24N2O4/c1-17(2,12-20)10-15(22)18-9-8-14(21)16(23)19-11-13-6-4-3-5-7-13/h3-7,20H,8-12H2,1-2H3,(H,18,22)(H,19,23). The molecule has 0 aliphatic rings. The van der Waals surface area contributed by atoms with Crippen LogP contribution in [0.3, 0.4) is 0 Å². The van der Waals surface area contributed by atoms with Crippen molar-refractivity contribution in [2.75, 3.05) is 13.2 Å². The first-order chi connectivity index (χ1) is 10.8. The lowest BCUT2D eigenvalue weighted by molar-refractivity contribution is -0.138. The number of hydrogen-bond acceptors (Lipinski definition) is 4. The van der Waals surface area contributed by atoms with Crippen LogP contribution in [0.5, 0.6) is 0 Å². The summed E-state index contributed by atoms with van der Waals surface area (Å²) >= 11 is 0. The third-order valence-electron chi connectivity index (χ3n) is 3.29. The van der Waals surface area contributed by atoms with Crippen LogP contribution in [-0.4, -0.2) is 35.9 Å². The molecule has 23 heavy (non-hydrogen) atoms. The van der Waals surface area contributed by atoms with Gasteiger partial charge >= 0.3 is 0 Å². The molecule has 1 rings (SSSR count). The van der Waals surface area contributed by atoms with Gasteiger partial charge in [-0.1, -0.05) is 44.2 Å². The molecule has 6 heteroatoms. The van der Waals surface area contributed by atoms with E-state index >= 15 is 0 Å². The van der Waals surface area contributed by atoms with E-state index in [1.54, 1.807) is 13.8 Å². The summed E-state index contributed by atoms with van der Waals surface area (Å²) < 4.78 is 0. The Labute approximate surface area is 136 Å². The van der Waals surface area contributed by atoms with Gasteiger partial charge in [0, 0.05) is 32.5 Å². The minimum absolute atomic E-state index is 0.0497. The first kappa shape index (κ1) is 18.8. The highest BCUT2D eigenvalue weighted by molar-refractivity contribution is 6.36. The molecule has 1 aromatic carbocycles. The molecule has 126 valence electrons. The Hall–Kier alpha value is -2.21. The minimum atomic E-state index is -0.654. The topological polar surface area (TPSA) is 95.5 Å². The van der Waals surface area contributed by atoms with Crippen molar-refractivity contribution in [1.82, 2.24) is 10.6 Å². The minimum Gasteiger partial charge on any atom is -0.396 e. The van der Waals surface area contributed by atoms with Gasteiger partial charge in [-0.3, -0.25) is 14.4 Å². The number of aliphatic hydroxyl groups excluding tert-OH is 1. The van der Waals surface area contributed by atoms with Gasteiger partial charge in [-0.15, -0.1) is 0 Å². The maximum atomic E-state index is 11.7. The Morgan fingerprint density at radius 1 is 1.09 bits per heavy atom. The molecule has 0 atom stereocenters. The average molecular weight is 320 g/mol. The molecule has 6 nitrogen and oxygen atoms in total. The van der Waals surface area contributed by atoms with Crippen LogP contribution in [0.25, 0.3) is 0 Å². The van der Waals surface area contributed by atoms with Gasteiger partial charge in [0.2, 0.25) is 11.7 Å². The van der Waals surface area contributed by atoms with E-state index < -0.39 is 17.1 Å². The molecule has 2 amide bonds. The second-order valence-corrected chi connectivity index (χ2v) is 6.19. The van der Waals surface area contributed by atoms with E-state index in [2.05, 4.69) is 10.6 Å². The summed E-state index contributed by atoms with van der Waals surface area (Å²) in [6.07, 6.45) is 0.115. The largest absolute Gasteiger partial charge is 0.396 e. The van der Waals surface area contributed by atoms with Crippen molar-refractivity contribution in [3.8, 4) is 0 Å². The zero-order valence-corrected chi connectivity index (χ0v) is 13.6. The number of Topliss-reactive ketones (excluding diaryl/α,β-unsaturated/α-hetero) is 1. The summed E-state index contributed by atoms with van der Waals surface area (Å²) in [4.78, 5) is 35.0. The maximum Gasteiger partial charge on any atom is 0.287 e. The van der Waals surface area contributed by atoms with Crippen LogP contribution >= 0.6 is 0 Å². The average Bonchev–Trinajstić information content (AvgIpc) is 2.53. The third-order valence-corrected chi connectivity index (χ3v) is 3.29. The number of carbonyl (C=O) groups is 3. The smallest absolute Gasteiger partial charge is 0.287 e. The molecule has 0 heterocycles. The fourth-order valence-electron chi connectivity index (χ4n) is 1.86. The highest BCUT2D eigenvalue weighted by Gasteiger charge is 2.21. The van der Waals surface area contributed by atoms with Gasteiger partial charge in [-0.2, -0.15) is 0 Å². The Balaban J connectivity index is 2.25. The molecule has 0 aliphatic carbocycles. The number of carbonyl (C=O) groups excluding carboxylic acids is 3. The molecule has 0 aliphatic heterocycles. The number of benzene rings is 1. The normalized spacial score (nSPS) is 10.9. The number of amides is 2. The molecule has 3 N–H and O–H groups in total. The predicted molar refractivity (Wildman–Crippen MR) is 86.4 cm³/mol. The van der Waals surface area contributed by atoms with Gasteiger partial charge in [-0.05, 0) is 11.0 Å². The van der Waals surface area contributed by atoms with Crippen LogP contribution in [0.1, 0.15) is 32.3 Å². The molecule has 0 unspecified atom stereocenters. The van der Waals surface area contributed by atoms with E-state index in [9.17, 15) is 14.4 Å². The van der Waals surface area contributed by atoms with Crippen LogP contribution in [-0.2, 0) is 20.9 Å². The quantitative estimate of drug-likeness (QED) is 0.586. The highest BCUT2D eigenvalue weighted by Crippen LogP contribution is 2.18. The van der Waals surface area contributed by atoms with Crippen molar-refractivity contribution < 1.29 is 19.5 Å². The van der Waals surface area contributed by atoms with Gasteiger partial charge in [0.15, 0.2) is 0 Å². The van der Waals surface area contributed by atoms with Gasteiger partial charge < -0.3 is 15.7 Å². The molecule has 0 saturated heterocycles. The lowest BCUT2D eigenvalue weighted by Gasteiger charge is -2.20. The second-order valence-electron chi connectivity index (χ2n) is 6.19. The Bertz CT molecular complexity index is 541. The molecule has 1 aromatic rings. The fourth-order valence-corrected chi connectivity index (χ4v) is 1.86. The summed E-state index contributed by atoms with van der Waals surface area (Å²) in [5, 5.41) is 14.2. The zero-order chi connectivity index (χ0) is 17.3. The molecular weight excluding hydrogens is 296 g/mol. The van der Waals surface area contributed by atoms with Gasteiger partial charge in [0.25, 0.3) is 5.91 Å². The Morgan fingerprint density at radius 3 is 2.35 bits per heavy atom. The summed E-state index contributed by atoms with van der Waals surface area (Å²) in [5.74, 6) is -1.47. The van der Waals surface area contributed by atoms with Crippen molar-refractivity contribution >= 4 is 17.6 Å². The Morgan fingerprint density at radius 2 is 1.74 bits per heavy atom. The van der Waals surface area contributed by atoms with Crippen molar-refractivity contribution in [2.24, 2.45) is 5.41 Å². The van der Waals surface area contributed by atoms with E-state index in [1.807, 2.05) is 30.3 Å². The van der Waals surface area contributed by atoms with E-state index in [0.717, 1.165) is 5.56 Å². The second kappa shape index (κ2) is 9.05. The van der Waals surface area contributed by atoms with Crippen molar-refractivity contribution in [1.29, 1.82) is 0 Å². The van der Waals surface area contributed by atoms with Crippen LogP contribution in [0.4, 0.5) is 0 Å². The van der Waals surface area contributed by atoms with Gasteiger partial charge in [0.05, 0.1) is 0 Å². The molecule has 0 fully saturated rings. The maximum absolute atomic E-state index is 11.7. The fraction of sp³-hybridized carbons (Fsp3) is 0.471. The first-order valence-electron chi connectivity index (χ1n) is 7.56. The van der Waals surface area contributed by atoms with E-state index in [4.69, 9.17) is 5.11 Å². The van der Waals surface area contributed by atoms with Crippen LogP contribution in [0, 0.1) is 5.41 Å². The van der Waals surface area contributed by atoms with Crippen molar-refractivity contribution in [3.63, 3.8) is 0 Å². The lowest BCUT2D eigenvalue weighted by atomic mass is 9.90. The first-order valence-corrected chi connectivity index (χ1v) is 7.56. The SMILES string of the molecule is CC(C)(CO)CC(=O)NCCC(=O)C(=O)NCc1ccccc1. The number of ketones is 1. The van der Waals surface area contributed by atoms with Crippen LogP contribution in [0.15, 0.2) is 30.3 Å². The number of rotatable bonds is 9. The molecule has 0 radical (unpaired) electrons. The van der Waals surface area contributed by atoms with Crippen LogP contribution < -0.4 is 10.6 Å². The highest BCUT2D eigenvalue weighted by atomic mass is 16.3. The Kier molecular flexibility index (Phi) is 7.41. The molecular formula is C17H24N2O4. The monoisotopic (exact) mass is 320 g/mol. The predicted octanol–water partition coefficient (Wildman–Crippen LogP) is 0.787. The van der Waals surface area contributed by atoms with Crippen molar-refractivity contribution in [2.45, 2.75) is 33.2 Å². The zero-order valence-electron chi connectivity index (χ0n) is 13.6. The lowest BCUT2D eigenvalue weighted by Crippen LogP contribution is -2.35. The summed E-state index contributed by atoms with van der Waals surface area (Å²) in [6, 6.07) is 9.29. The molecule has 0 bridgehead atoms. The number of hydrogen-bond donors (Lipinski definition) is 3. The molecule has 0 spiro atoms. The van der Waals surface area contributed by atoms with Crippen LogP contribution in [0.2, 0.25) is 0 Å². The summed E-state index contributed by atoms with van der Waals surface area (Å²) in [5.41, 5.74) is 0.412.